The summed E-state index contributed by atoms with van der Waals surface area (Å²) in [5, 5.41) is 8.45. The van der Waals surface area contributed by atoms with E-state index in [1.807, 2.05) is 30.3 Å². The van der Waals surface area contributed by atoms with E-state index in [9.17, 15) is 14.4 Å². The first kappa shape index (κ1) is 21.6. The molecule has 0 saturated heterocycles. The molecule has 0 aliphatic heterocycles. The molecule has 142 valence electrons. The summed E-state index contributed by atoms with van der Waals surface area (Å²) in [4.78, 5) is 33.8. The standard InChI is InChI=1S/C20H26O6/c1-2-3-12-25-13-11-17(16-7-5-4-6-8-16)14-18(21)15-26-20(24)10-9-19(22)23/h4-10,17H,2-3,11-15H2,1H3,(H,22,23)/b10-9+. The molecule has 0 spiro atoms. The van der Waals surface area contributed by atoms with Crippen LogP contribution in [0, 0.1) is 0 Å². The van der Waals surface area contributed by atoms with Gasteiger partial charge in [0, 0.05) is 31.8 Å². The molecule has 0 aliphatic rings. The Morgan fingerprint density at radius 3 is 2.50 bits per heavy atom. The largest absolute Gasteiger partial charge is 0.478 e. The first-order valence-electron chi connectivity index (χ1n) is 8.75. The minimum Gasteiger partial charge on any atom is -0.478 e. The molecular weight excluding hydrogens is 336 g/mol. The van der Waals surface area contributed by atoms with Crippen LogP contribution in [0.25, 0.3) is 0 Å². The number of carboxylic acid groups (broad SMARTS) is 1. The maximum Gasteiger partial charge on any atom is 0.331 e. The topological polar surface area (TPSA) is 89.9 Å². The van der Waals surface area contributed by atoms with Crippen LogP contribution in [0.1, 0.15) is 44.1 Å². The Balaban J connectivity index is 2.52. The summed E-state index contributed by atoms with van der Waals surface area (Å²) in [6, 6.07) is 9.68. The van der Waals surface area contributed by atoms with Crippen molar-refractivity contribution < 1.29 is 29.0 Å². The van der Waals surface area contributed by atoms with Gasteiger partial charge in [-0.1, -0.05) is 43.7 Å². The van der Waals surface area contributed by atoms with E-state index in [1.54, 1.807) is 0 Å². The number of unbranched alkanes of at least 4 members (excludes halogenated alkanes) is 1. The minimum absolute atomic E-state index is 0.0152. The Morgan fingerprint density at radius 2 is 1.85 bits per heavy atom. The van der Waals surface area contributed by atoms with E-state index in [1.165, 1.54) is 0 Å². The highest BCUT2D eigenvalue weighted by molar-refractivity contribution is 5.92. The van der Waals surface area contributed by atoms with Crippen LogP contribution in [0.5, 0.6) is 0 Å². The molecule has 0 aromatic heterocycles. The average Bonchev–Trinajstić information content (AvgIpc) is 2.64. The van der Waals surface area contributed by atoms with Crippen LogP contribution in [0.15, 0.2) is 42.5 Å². The maximum absolute atomic E-state index is 12.1. The molecule has 1 aromatic carbocycles. The van der Waals surface area contributed by atoms with E-state index in [0.29, 0.717) is 25.7 Å². The molecule has 0 saturated carbocycles. The van der Waals surface area contributed by atoms with E-state index in [2.05, 4.69) is 6.92 Å². The third-order valence-corrected chi connectivity index (χ3v) is 3.74. The van der Waals surface area contributed by atoms with Gasteiger partial charge in [0.05, 0.1) is 0 Å². The van der Waals surface area contributed by atoms with Crippen LogP contribution in [-0.2, 0) is 23.9 Å². The van der Waals surface area contributed by atoms with Crippen LogP contribution in [0.2, 0.25) is 0 Å². The van der Waals surface area contributed by atoms with E-state index in [-0.39, 0.29) is 24.7 Å². The highest BCUT2D eigenvalue weighted by Gasteiger charge is 2.17. The van der Waals surface area contributed by atoms with Gasteiger partial charge in [-0.2, -0.15) is 0 Å². The van der Waals surface area contributed by atoms with Gasteiger partial charge in [-0.25, -0.2) is 9.59 Å². The van der Waals surface area contributed by atoms with Gasteiger partial charge < -0.3 is 14.6 Å². The Labute approximate surface area is 153 Å². The Morgan fingerprint density at radius 1 is 1.12 bits per heavy atom. The van der Waals surface area contributed by atoms with Gasteiger partial charge >= 0.3 is 11.9 Å². The number of ether oxygens (including phenoxy) is 2. The lowest BCUT2D eigenvalue weighted by atomic mass is 9.91. The van der Waals surface area contributed by atoms with Crippen molar-refractivity contribution >= 4 is 17.7 Å². The van der Waals surface area contributed by atoms with Crippen molar-refractivity contribution in [3.8, 4) is 0 Å². The zero-order valence-corrected chi connectivity index (χ0v) is 15.1. The second-order valence-corrected chi connectivity index (χ2v) is 5.88. The molecule has 0 heterocycles. The predicted octanol–water partition coefficient (Wildman–Crippen LogP) is 3.12. The van der Waals surface area contributed by atoms with E-state index in [4.69, 9.17) is 14.6 Å². The summed E-state index contributed by atoms with van der Waals surface area (Å²) in [5.41, 5.74) is 1.04. The van der Waals surface area contributed by atoms with E-state index in [0.717, 1.165) is 24.5 Å². The summed E-state index contributed by atoms with van der Waals surface area (Å²) in [6.45, 7) is 3.00. The zero-order valence-electron chi connectivity index (χ0n) is 15.1. The fraction of sp³-hybridized carbons (Fsp3) is 0.450. The van der Waals surface area contributed by atoms with Gasteiger partial charge in [-0.05, 0) is 24.3 Å². The van der Waals surface area contributed by atoms with Crippen molar-refractivity contribution in [2.75, 3.05) is 19.8 Å². The van der Waals surface area contributed by atoms with E-state index >= 15 is 0 Å². The monoisotopic (exact) mass is 362 g/mol. The smallest absolute Gasteiger partial charge is 0.331 e. The van der Waals surface area contributed by atoms with Crippen molar-refractivity contribution in [1.29, 1.82) is 0 Å². The lowest BCUT2D eigenvalue weighted by Crippen LogP contribution is -2.17. The number of hydrogen-bond acceptors (Lipinski definition) is 5. The third kappa shape index (κ3) is 9.74. The molecule has 0 bridgehead atoms. The Kier molecular flexibility index (Phi) is 10.6. The summed E-state index contributed by atoms with van der Waals surface area (Å²) < 4.78 is 10.4. The highest BCUT2D eigenvalue weighted by Crippen LogP contribution is 2.24. The van der Waals surface area contributed by atoms with Gasteiger partial charge in [-0.15, -0.1) is 0 Å². The van der Waals surface area contributed by atoms with Crippen LogP contribution in [0.4, 0.5) is 0 Å². The number of carboxylic acids is 1. The zero-order chi connectivity index (χ0) is 19.2. The van der Waals surface area contributed by atoms with Crippen LogP contribution in [-0.4, -0.2) is 42.6 Å². The summed E-state index contributed by atoms with van der Waals surface area (Å²) in [7, 11) is 0. The fourth-order valence-corrected chi connectivity index (χ4v) is 2.36. The number of carbonyl (C=O) groups is 3. The number of hydrogen-bond donors (Lipinski definition) is 1. The predicted molar refractivity (Wildman–Crippen MR) is 96.9 cm³/mol. The lowest BCUT2D eigenvalue weighted by Gasteiger charge is -2.17. The molecule has 1 unspecified atom stereocenters. The molecule has 6 nitrogen and oxygen atoms in total. The molecule has 1 atom stereocenters. The first-order valence-corrected chi connectivity index (χ1v) is 8.75. The van der Waals surface area contributed by atoms with Crippen LogP contribution >= 0.6 is 0 Å². The molecule has 26 heavy (non-hydrogen) atoms. The van der Waals surface area contributed by atoms with Crippen LogP contribution in [0.3, 0.4) is 0 Å². The van der Waals surface area contributed by atoms with Crippen molar-refractivity contribution in [2.45, 2.75) is 38.5 Å². The average molecular weight is 362 g/mol. The second-order valence-electron chi connectivity index (χ2n) is 5.88. The van der Waals surface area contributed by atoms with Crippen molar-refractivity contribution in [2.24, 2.45) is 0 Å². The number of aliphatic carboxylic acids is 1. The number of benzene rings is 1. The Bertz CT molecular complexity index is 594. The minimum atomic E-state index is -1.25. The molecule has 0 fully saturated rings. The number of Topliss-reactive ketones (excluding diaryl/α,β-unsaturated/α-hetero) is 1. The van der Waals surface area contributed by atoms with Gasteiger partial charge in [0.15, 0.2) is 5.78 Å². The summed E-state index contributed by atoms with van der Waals surface area (Å²) in [6.07, 6.45) is 4.47. The molecule has 0 amide bonds. The first-order chi connectivity index (χ1) is 12.5. The van der Waals surface area contributed by atoms with Crippen molar-refractivity contribution in [1.82, 2.24) is 0 Å². The van der Waals surface area contributed by atoms with Gasteiger partial charge in [-0.3, -0.25) is 4.79 Å². The van der Waals surface area contributed by atoms with Crippen LogP contribution < -0.4 is 0 Å². The third-order valence-electron chi connectivity index (χ3n) is 3.74. The summed E-state index contributed by atoms with van der Waals surface area (Å²) in [5.74, 6) is -2.33. The molecule has 1 rings (SSSR count). The number of ketones is 1. The second kappa shape index (κ2) is 12.8. The quantitative estimate of drug-likeness (QED) is 0.329. The SMILES string of the molecule is CCCCOCCC(CC(=O)COC(=O)/C=C/C(=O)O)c1ccccc1. The van der Waals surface area contributed by atoms with Gasteiger partial charge in [0.2, 0.25) is 0 Å². The lowest BCUT2D eigenvalue weighted by molar-refractivity contribution is -0.143. The Hall–Kier alpha value is -2.47. The molecule has 0 radical (unpaired) electrons. The summed E-state index contributed by atoms with van der Waals surface area (Å²) >= 11 is 0. The number of carbonyl (C=O) groups excluding carboxylic acids is 2. The fourth-order valence-electron chi connectivity index (χ4n) is 2.36. The highest BCUT2D eigenvalue weighted by atomic mass is 16.5. The molecule has 1 N–H and O–H groups in total. The van der Waals surface area contributed by atoms with Crippen molar-refractivity contribution in [3.05, 3.63) is 48.0 Å². The van der Waals surface area contributed by atoms with Gasteiger partial charge in [0.1, 0.15) is 6.61 Å². The molecule has 6 heteroatoms. The normalized spacial score (nSPS) is 12.0. The number of esters is 1. The molecule has 0 aliphatic carbocycles. The maximum atomic E-state index is 12.1. The van der Waals surface area contributed by atoms with Crippen molar-refractivity contribution in [3.63, 3.8) is 0 Å². The van der Waals surface area contributed by atoms with E-state index < -0.39 is 11.9 Å². The molecule has 1 aromatic rings. The molecular formula is C20H26O6. The number of rotatable bonds is 13. The van der Waals surface area contributed by atoms with Gasteiger partial charge in [0.25, 0.3) is 0 Å².